The van der Waals surface area contributed by atoms with Gasteiger partial charge in [0.2, 0.25) is 0 Å². The summed E-state index contributed by atoms with van der Waals surface area (Å²) in [5.74, 6) is -1.45. The summed E-state index contributed by atoms with van der Waals surface area (Å²) >= 11 is 1.11. The second kappa shape index (κ2) is 8.99. The molecule has 0 spiro atoms. The first kappa shape index (κ1) is 20.7. The van der Waals surface area contributed by atoms with Crippen LogP contribution >= 0.6 is 11.3 Å². The summed E-state index contributed by atoms with van der Waals surface area (Å²) in [6.45, 7) is 1.37. The van der Waals surface area contributed by atoms with Crippen LogP contribution in [0.15, 0.2) is 24.3 Å². The van der Waals surface area contributed by atoms with Crippen molar-refractivity contribution >= 4 is 45.0 Å². The number of rotatable bonds is 5. The van der Waals surface area contributed by atoms with Crippen molar-refractivity contribution < 1.29 is 24.0 Å². The van der Waals surface area contributed by atoms with Gasteiger partial charge in [0.25, 0.3) is 11.6 Å². The van der Waals surface area contributed by atoms with Crippen LogP contribution in [0.25, 0.3) is 10.1 Å². The van der Waals surface area contributed by atoms with Gasteiger partial charge in [0, 0.05) is 28.3 Å². The van der Waals surface area contributed by atoms with E-state index in [0.29, 0.717) is 10.1 Å². The number of esters is 1. The lowest BCUT2D eigenvalue weighted by atomic mass is 9.96. The summed E-state index contributed by atoms with van der Waals surface area (Å²) in [4.78, 5) is 47.0. The first-order valence-corrected chi connectivity index (χ1v) is 10.2. The zero-order valence-corrected chi connectivity index (χ0v) is 16.6. The summed E-state index contributed by atoms with van der Waals surface area (Å²) in [5.41, 5.74) is -0.0769. The molecule has 0 saturated heterocycles. The topological polar surface area (TPSA) is 128 Å². The van der Waals surface area contributed by atoms with Crippen molar-refractivity contribution in [2.24, 2.45) is 0 Å². The second-order valence-corrected chi connectivity index (χ2v) is 8.02. The molecule has 2 N–H and O–H groups in total. The molecule has 1 saturated carbocycles. The monoisotopic (exact) mass is 419 g/mol. The number of carbonyl (C=O) groups is 3. The number of nitrogens with one attached hydrogen (secondary N) is 2. The van der Waals surface area contributed by atoms with Crippen LogP contribution in [0.2, 0.25) is 0 Å². The summed E-state index contributed by atoms with van der Waals surface area (Å²) in [6.07, 6.45) is 3.85. The maximum absolute atomic E-state index is 12.3. The first-order chi connectivity index (χ1) is 13.8. The predicted molar refractivity (Wildman–Crippen MR) is 107 cm³/mol. The van der Waals surface area contributed by atoms with Gasteiger partial charge in [-0.1, -0.05) is 19.3 Å². The Bertz CT molecular complexity index is 951. The Kier molecular flexibility index (Phi) is 6.42. The number of imide groups is 1. The molecule has 9 nitrogen and oxygen atoms in total. The van der Waals surface area contributed by atoms with Crippen molar-refractivity contribution in [3.05, 3.63) is 39.3 Å². The minimum Gasteiger partial charge on any atom is -0.448 e. The molecule has 10 heteroatoms. The molecule has 154 valence electrons. The van der Waals surface area contributed by atoms with Gasteiger partial charge in [-0.25, -0.2) is 9.59 Å². The summed E-state index contributed by atoms with van der Waals surface area (Å²) in [7, 11) is 0. The number of non-ortho nitro benzene ring substituents is 1. The van der Waals surface area contributed by atoms with Crippen molar-refractivity contribution in [1.29, 1.82) is 0 Å². The maximum atomic E-state index is 12.3. The fourth-order valence-electron chi connectivity index (χ4n) is 3.20. The van der Waals surface area contributed by atoms with E-state index < -0.39 is 28.9 Å². The summed E-state index contributed by atoms with van der Waals surface area (Å²) in [5, 5.41) is 16.4. The lowest BCUT2D eigenvalue weighted by Crippen LogP contribution is -2.48. The highest BCUT2D eigenvalue weighted by Crippen LogP contribution is 2.29. The highest BCUT2D eigenvalue weighted by atomic mass is 32.1. The number of hydrogen-bond donors (Lipinski definition) is 2. The Morgan fingerprint density at radius 2 is 1.93 bits per heavy atom. The van der Waals surface area contributed by atoms with Gasteiger partial charge < -0.3 is 10.1 Å². The number of hydrogen-bond acceptors (Lipinski definition) is 7. The van der Waals surface area contributed by atoms with Crippen LogP contribution in [0.5, 0.6) is 0 Å². The number of nitrogens with zero attached hydrogens (tertiary/aromatic N) is 1. The molecule has 3 amide bonds. The fourth-order valence-corrected chi connectivity index (χ4v) is 4.13. The van der Waals surface area contributed by atoms with E-state index in [9.17, 15) is 24.5 Å². The fraction of sp³-hybridized carbons (Fsp3) is 0.421. The average molecular weight is 419 g/mol. The highest BCUT2D eigenvalue weighted by Gasteiger charge is 2.23. The van der Waals surface area contributed by atoms with E-state index in [2.05, 4.69) is 10.6 Å². The summed E-state index contributed by atoms with van der Waals surface area (Å²) in [6, 6.07) is 5.22. The molecule has 1 aliphatic carbocycles. The SMILES string of the molecule is C[C@@H](OC(=O)c1cc2cc([N+](=O)[O-])ccc2s1)C(=O)NC(=O)NC1CCCCC1. The van der Waals surface area contributed by atoms with Crippen molar-refractivity contribution in [1.82, 2.24) is 10.6 Å². The Hall–Kier alpha value is -3.01. The number of carbonyl (C=O) groups excluding carboxylic acids is 3. The highest BCUT2D eigenvalue weighted by molar-refractivity contribution is 7.20. The Morgan fingerprint density at radius 3 is 2.62 bits per heavy atom. The molecule has 2 aromatic rings. The number of nitro benzene ring substituents is 1. The van der Waals surface area contributed by atoms with E-state index in [1.807, 2.05) is 0 Å². The first-order valence-electron chi connectivity index (χ1n) is 9.34. The second-order valence-electron chi connectivity index (χ2n) is 6.94. The van der Waals surface area contributed by atoms with Gasteiger partial charge in [-0.3, -0.25) is 20.2 Å². The number of nitro groups is 1. The van der Waals surface area contributed by atoms with E-state index in [1.54, 1.807) is 6.07 Å². The molecule has 1 atom stereocenters. The average Bonchev–Trinajstić information content (AvgIpc) is 3.12. The van der Waals surface area contributed by atoms with E-state index in [4.69, 9.17) is 4.74 Å². The van der Waals surface area contributed by atoms with Crippen molar-refractivity contribution in [2.45, 2.75) is 51.2 Å². The number of thiophene rings is 1. The third-order valence-corrected chi connectivity index (χ3v) is 5.84. The molecular weight excluding hydrogens is 398 g/mol. The van der Waals surface area contributed by atoms with Gasteiger partial charge in [0.05, 0.1) is 4.92 Å². The van der Waals surface area contributed by atoms with E-state index in [0.717, 1.165) is 43.4 Å². The molecule has 29 heavy (non-hydrogen) atoms. The van der Waals surface area contributed by atoms with Gasteiger partial charge in [0.1, 0.15) is 4.88 Å². The van der Waals surface area contributed by atoms with Crippen molar-refractivity contribution in [3.63, 3.8) is 0 Å². The lowest BCUT2D eigenvalue weighted by molar-refractivity contribution is -0.384. The van der Waals surface area contributed by atoms with Gasteiger partial charge >= 0.3 is 12.0 Å². The van der Waals surface area contributed by atoms with Crippen LogP contribution in [-0.4, -0.2) is 35.0 Å². The van der Waals surface area contributed by atoms with Gasteiger partial charge in [-0.2, -0.15) is 0 Å². The van der Waals surface area contributed by atoms with Crippen LogP contribution < -0.4 is 10.6 Å². The quantitative estimate of drug-likeness (QED) is 0.434. The number of urea groups is 1. The molecule has 1 aromatic carbocycles. The molecule has 0 unspecified atom stereocenters. The Balaban J connectivity index is 1.56. The van der Waals surface area contributed by atoms with Crippen molar-refractivity contribution in [3.8, 4) is 0 Å². The molecule has 3 rings (SSSR count). The van der Waals surface area contributed by atoms with Gasteiger partial charge in [0.15, 0.2) is 6.10 Å². The molecule has 0 aliphatic heterocycles. The zero-order chi connectivity index (χ0) is 21.0. The molecule has 1 aromatic heterocycles. The molecule has 0 bridgehead atoms. The van der Waals surface area contributed by atoms with Crippen LogP contribution in [0.1, 0.15) is 48.7 Å². The number of ether oxygens (including phenoxy) is 1. The number of fused-ring (bicyclic) bond motifs is 1. The zero-order valence-electron chi connectivity index (χ0n) is 15.8. The minimum atomic E-state index is -1.17. The number of amides is 3. The molecule has 1 fully saturated rings. The van der Waals surface area contributed by atoms with Crippen LogP contribution in [0.4, 0.5) is 10.5 Å². The molecular formula is C19H21N3O6S. The smallest absolute Gasteiger partial charge is 0.349 e. The Morgan fingerprint density at radius 1 is 1.21 bits per heavy atom. The van der Waals surface area contributed by atoms with Crippen molar-refractivity contribution in [2.75, 3.05) is 0 Å². The van der Waals surface area contributed by atoms with E-state index >= 15 is 0 Å². The maximum Gasteiger partial charge on any atom is 0.349 e. The van der Waals surface area contributed by atoms with Crippen LogP contribution in [-0.2, 0) is 9.53 Å². The van der Waals surface area contributed by atoms with E-state index in [-0.39, 0.29) is 16.6 Å². The third kappa shape index (κ3) is 5.29. The standard InChI is InChI=1S/C19H21N3O6S/c1-11(17(23)21-19(25)20-13-5-3-2-4-6-13)28-18(24)16-10-12-9-14(22(26)27)7-8-15(12)29-16/h7-11,13H,2-6H2,1H3,(H2,20,21,23,25)/t11-/m1/s1. The van der Waals surface area contributed by atoms with E-state index in [1.165, 1.54) is 25.1 Å². The molecule has 1 heterocycles. The number of benzene rings is 1. The predicted octanol–water partition coefficient (Wildman–Crippen LogP) is 3.51. The minimum absolute atomic E-state index is 0.0528. The molecule has 0 radical (unpaired) electrons. The normalized spacial score (nSPS) is 15.5. The van der Waals surface area contributed by atoms with Crippen LogP contribution in [0, 0.1) is 10.1 Å². The molecule has 1 aliphatic rings. The lowest BCUT2D eigenvalue weighted by Gasteiger charge is -2.23. The van der Waals surface area contributed by atoms with Gasteiger partial charge in [-0.05, 0) is 31.9 Å². The largest absolute Gasteiger partial charge is 0.448 e. The Labute approximate surface area is 170 Å². The third-order valence-electron chi connectivity index (χ3n) is 4.74. The van der Waals surface area contributed by atoms with Gasteiger partial charge in [-0.15, -0.1) is 11.3 Å². The summed E-state index contributed by atoms with van der Waals surface area (Å²) < 4.78 is 5.83. The van der Waals surface area contributed by atoms with Crippen LogP contribution in [0.3, 0.4) is 0 Å².